The number of hydrogen-bond acceptors (Lipinski definition) is 3. The van der Waals surface area contributed by atoms with Gasteiger partial charge in [0.2, 0.25) is 10.0 Å². The van der Waals surface area contributed by atoms with E-state index in [1.165, 1.54) is 0 Å². The predicted octanol–water partition coefficient (Wildman–Crippen LogP) is 3.02. The highest BCUT2D eigenvalue weighted by atomic mass is 32.2. The number of aryl methyl sites for hydroxylation is 1. The fourth-order valence-corrected chi connectivity index (χ4v) is 3.45. The van der Waals surface area contributed by atoms with Gasteiger partial charge in [-0.15, -0.1) is 0 Å². The number of rotatable bonds is 3. The third-order valence-electron chi connectivity index (χ3n) is 4.42. The topological polar surface area (TPSA) is 78.5 Å². The summed E-state index contributed by atoms with van der Waals surface area (Å²) in [4.78, 5) is 14.3. The summed E-state index contributed by atoms with van der Waals surface area (Å²) in [5, 5.41) is 2.87. The normalized spacial score (nSPS) is 21.8. The minimum atomic E-state index is -3.35. The molecule has 0 aliphatic carbocycles. The molecule has 0 bridgehead atoms. The van der Waals surface area contributed by atoms with Crippen molar-refractivity contribution >= 4 is 27.4 Å². The lowest BCUT2D eigenvalue weighted by atomic mass is 9.92. The highest BCUT2D eigenvalue weighted by Gasteiger charge is 2.28. The van der Waals surface area contributed by atoms with Gasteiger partial charge >= 0.3 is 6.03 Å². The Morgan fingerprint density at radius 3 is 2.65 bits per heavy atom. The van der Waals surface area contributed by atoms with Gasteiger partial charge in [0.15, 0.2) is 0 Å². The molecule has 23 heavy (non-hydrogen) atoms. The number of anilines is 2. The third kappa shape index (κ3) is 4.60. The van der Waals surface area contributed by atoms with Crippen LogP contribution in [0.15, 0.2) is 18.2 Å². The number of benzene rings is 1. The second-order valence-electron chi connectivity index (χ2n) is 6.39. The fourth-order valence-electron chi connectivity index (χ4n) is 2.83. The molecule has 2 rings (SSSR count). The number of piperidine rings is 1. The van der Waals surface area contributed by atoms with Crippen molar-refractivity contribution in [3.8, 4) is 0 Å². The van der Waals surface area contributed by atoms with Crippen LogP contribution in [0.4, 0.5) is 16.2 Å². The van der Waals surface area contributed by atoms with Crippen LogP contribution < -0.4 is 10.0 Å². The maximum absolute atomic E-state index is 12.5. The molecular formula is C16H25N3O3S. The number of likely N-dealkylation sites (tertiary alicyclic amines) is 1. The van der Waals surface area contributed by atoms with Crippen LogP contribution in [0.1, 0.15) is 32.3 Å². The SMILES string of the molecule is Cc1ccc(NC(=O)N2CCC[C@@H](C)[C@H]2C)cc1NS(C)(=O)=O. The van der Waals surface area contributed by atoms with Crippen LogP contribution >= 0.6 is 0 Å². The Labute approximate surface area is 138 Å². The number of nitrogens with one attached hydrogen (secondary N) is 2. The molecule has 1 saturated heterocycles. The molecule has 128 valence electrons. The Kier molecular flexibility index (Phi) is 5.19. The fraction of sp³-hybridized carbons (Fsp3) is 0.562. The first kappa shape index (κ1) is 17.6. The summed E-state index contributed by atoms with van der Waals surface area (Å²) >= 11 is 0. The minimum absolute atomic E-state index is 0.141. The van der Waals surface area contributed by atoms with E-state index in [1.54, 1.807) is 18.2 Å². The van der Waals surface area contributed by atoms with Crippen LogP contribution in [0.2, 0.25) is 0 Å². The van der Waals surface area contributed by atoms with Crippen LogP contribution in [0.25, 0.3) is 0 Å². The smallest absolute Gasteiger partial charge is 0.322 e. The van der Waals surface area contributed by atoms with Crippen molar-refractivity contribution in [3.05, 3.63) is 23.8 Å². The lowest BCUT2D eigenvalue weighted by molar-refractivity contribution is 0.139. The summed E-state index contributed by atoms with van der Waals surface area (Å²) in [5.74, 6) is 0.481. The average molecular weight is 339 g/mol. The first-order chi connectivity index (χ1) is 10.7. The number of carbonyl (C=O) groups is 1. The van der Waals surface area contributed by atoms with Crippen molar-refractivity contribution in [1.82, 2.24) is 4.90 Å². The van der Waals surface area contributed by atoms with Gasteiger partial charge in [0.05, 0.1) is 11.9 Å². The number of carbonyl (C=O) groups excluding carboxylic acids is 1. The number of nitrogens with zero attached hydrogens (tertiary/aromatic N) is 1. The minimum Gasteiger partial charge on any atom is -0.322 e. The molecule has 1 aliphatic rings. The van der Waals surface area contributed by atoms with Crippen LogP contribution in [0.5, 0.6) is 0 Å². The Hall–Kier alpha value is -1.76. The third-order valence-corrected chi connectivity index (χ3v) is 5.01. The molecule has 1 aromatic rings. The van der Waals surface area contributed by atoms with Crippen molar-refractivity contribution < 1.29 is 13.2 Å². The van der Waals surface area contributed by atoms with Crippen molar-refractivity contribution in [1.29, 1.82) is 0 Å². The van der Waals surface area contributed by atoms with Gasteiger partial charge in [0, 0.05) is 18.3 Å². The van der Waals surface area contributed by atoms with E-state index in [1.807, 2.05) is 11.8 Å². The molecule has 0 aromatic heterocycles. The predicted molar refractivity (Wildman–Crippen MR) is 93.2 cm³/mol. The first-order valence-corrected chi connectivity index (χ1v) is 9.72. The van der Waals surface area contributed by atoms with E-state index in [-0.39, 0.29) is 12.1 Å². The summed E-state index contributed by atoms with van der Waals surface area (Å²) in [6, 6.07) is 5.26. The van der Waals surface area contributed by atoms with Gasteiger partial charge in [-0.3, -0.25) is 4.72 Å². The standard InChI is InChI=1S/C16H25N3O3S/c1-11-6-5-9-19(13(11)3)16(20)17-14-8-7-12(2)15(10-14)18-23(4,21)22/h7-8,10-11,13,18H,5-6,9H2,1-4H3,(H,17,20)/t11-,13-/m1/s1. The van der Waals surface area contributed by atoms with Gasteiger partial charge in [-0.25, -0.2) is 13.2 Å². The molecule has 1 aliphatic heterocycles. The lowest BCUT2D eigenvalue weighted by Gasteiger charge is -2.37. The Bertz CT molecular complexity index is 688. The molecule has 1 heterocycles. The molecule has 1 fully saturated rings. The zero-order chi connectivity index (χ0) is 17.2. The number of urea groups is 1. The van der Waals surface area contributed by atoms with E-state index in [9.17, 15) is 13.2 Å². The van der Waals surface area contributed by atoms with E-state index < -0.39 is 10.0 Å². The summed E-state index contributed by atoms with van der Waals surface area (Å²) in [6.07, 6.45) is 3.25. The van der Waals surface area contributed by atoms with E-state index in [4.69, 9.17) is 0 Å². The van der Waals surface area contributed by atoms with Crippen LogP contribution in [-0.2, 0) is 10.0 Å². The maximum Gasteiger partial charge on any atom is 0.322 e. The second-order valence-corrected chi connectivity index (χ2v) is 8.14. The van der Waals surface area contributed by atoms with Crippen molar-refractivity contribution in [2.45, 2.75) is 39.7 Å². The number of sulfonamides is 1. The van der Waals surface area contributed by atoms with E-state index >= 15 is 0 Å². The molecule has 2 N–H and O–H groups in total. The lowest BCUT2D eigenvalue weighted by Crippen LogP contribution is -2.47. The number of amides is 2. The Morgan fingerprint density at radius 2 is 2.00 bits per heavy atom. The van der Waals surface area contributed by atoms with Gasteiger partial charge in [-0.2, -0.15) is 0 Å². The average Bonchev–Trinajstić information content (AvgIpc) is 2.44. The van der Waals surface area contributed by atoms with Gasteiger partial charge in [0.1, 0.15) is 0 Å². The molecular weight excluding hydrogens is 314 g/mol. The van der Waals surface area contributed by atoms with Crippen LogP contribution in [0, 0.1) is 12.8 Å². The van der Waals surface area contributed by atoms with Crippen molar-refractivity contribution in [2.24, 2.45) is 5.92 Å². The molecule has 1 aromatic carbocycles. The van der Waals surface area contributed by atoms with Crippen LogP contribution in [0.3, 0.4) is 0 Å². The molecule has 0 saturated carbocycles. The van der Waals surface area contributed by atoms with Crippen LogP contribution in [-0.4, -0.2) is 38.2 Å². The first-order valence-electron chi connectivity index (χ1n) is 7.83. The summed E-state index contributed by atoms with van der Waals surface area (Å²) < 4.78 is 25.3. The summed E-state index contributed by atoms with van der Waals surface area (Å²) in [6.45, 7) is 6.78. The zero-order valence-electron chi connectivity index (χ0n) is 14.1. The summed E-state index contributed by atoms with van der Waals surface area (Å²) in [5.41, 5.74) is 1.86. The molecule has 0 radical (unpaired) electrons. The molecule has 0 spiro atoms. The molecule has 0 unspecified atom stereocenters. The van der Waals surface area contributed by atoms with Gasteiger partial charge in [-0.05, 0) is 50.3 Å². The van der Waals surface area contributed by atoms with E-state index in [2.05, 4.69) is 23.9 Å². The second kappa shape index (κ2) is 6.78. The Morgan fingerprint density at radius 1 is 1.30 bits per heavy atom. The van der Waals surface area contributed by atoms with E-state index in [0.717, 1.165) is 31.2 Å². The van der Waals surface area contributed by atoms with Gasteiger partial charge < -0.3 is 10.2 Å². The molecule has 6 nitrogen and oxygen atoms in total. The zero-order valence-corrected chi connectivity index (χ0v) is 14.9. The largest absolute Gasteiger partial charge is 0.322 e. The maximum atomic E-state index is 12.5. The van der Waals surface area contributed by atoms with Gasteiger partial charge in [0.25, 0.3) is 0 Å². The summed E-state index contributed by atoms with van der Waals surface area (Å²) in [7, 11) is -3.35. The molecule has 2 atom stereocenters. The highest BCUT2D eigenvalue weighted by Crippen LogP contribution is 2.25. The van der Waals surface area contributed by atoms with Crippen molar-refractivity contribution in [2.75, 3.05) is 22.8 Å². The number of hydrogen-bond donors (Lipinski definition) is 2. The molecule has 7 heteroatoms. The molecule has 2 amide bonds. The van der Waals surface area contributed by atoms with E-state index in [0.29, 0.717) is 17.3 Å². The van der Waals surface area contributed by atoms with Gasteiger partial charge in [-0.1, -0.05) is 13.0 Å². The monoisotopic (exact) mass is 339 g/mol. The Balaban J connectivity index is 2.13. The highest BCUT2D eigenvalue weighted by molar-refractivity contribution is 7.92. The van der Waals surface area contributed by atoms with Crippen molar-refractivity contribution in [3.63, 3.8) is 0 Å². The quantitative estimate of drug-likeness (QED) is 0.888.